The van der Waals surface area contributed by atoms with Gasteiger partial charge in [-0.25, -0.2) is 0 Å². The van der Waals surface area contributed by atoms with E-state index in [-0.39, 0.29) is 0 Å². The van der Waals surface area contributed by atoms with E-state index >= 15 is 4.57 Å². The molecule has 0 aromatic heterocycles. The van der Waals surface area contributed by atoms with Crippen LogP contribution in [0.4, 0.5) is 0 Å². The highest BCUT2D eigenvalue weighted by Crippen LogP contribution is 2.99. The van der Waals surface area contributed by atoms with Crippen molar-refractivity contribution in [1.82, 2.24) is 0 Å². The summed E-state index contributed by atoms with van der Waals surface area (Å²) >= 11 is 21.8. The molecule has 7 nitrogen and oxygen atoms in total. The molecule has 0 radical (unpaired) electrons. The Bertz CT molecular complexity index is 2210. The van der Waals surface area contributed by atoms with E-state index in [0.717, 1.165) is 66.4 Å². The van der Waals surface area contributed by atoms with E-state index < -0.39 is 21.8 Å². The van der Waals surface area contributed by atoms with Crippen LogP contribution in [-0.4, -0.2) is 0 Å². The molecular formula is C42H42O7P4S6. The van der Waals surface area contributed by atoms with Gasteiger partial charge in [-0.05, 0) is 148 Å². The number of hydrogen-bond acceptors (Lipinski definition) is 13. The Hall–Kier alpha value is -2.65. The van der Waals surface area contributed by atoms with E-state index in [2.05, 4.69) is 0 Å². The van der Waals surface area contributed by atoms with Crippen molar-refractivity contribution in [3.63, 3.8) is 0 Å². The fraction of sp³-hybridized carbons (Fsp3) is 0.143. The molecule has 0 saturated heterocycles. The van der Waals surface area contributed by atoms with Gasteiger partial charge in [-0.1, -0.05) is 72.8 Å². The standard InChI is InChI=1S/C42H42O7P4S6/c1-31-13-7-19-37(25-31)44-51(54,45-38-20-8-14-32(2)26-38)57-50(43,58-52(55,46-39-21-9-15-33(3)27-39)47-40-22-10-16-34(4)28-40)59-53(56,48-41-23-11-17-35(5)29-41)49-42-24-12-18-36(6)30-42/h7-30H,1-6H3. The molecule has 0 aliphatic rings. The summed E-state index contributed by atoms with van der Waals surface area (Å²) < 4.78 is 52.2. The van der Waals surface area contributed by atoms with Crippen LogP contribution in [0.3, 0.4) is 0 Å². The fourth-order valence-corrected chi connectivity index (χ4v) is 62.5. The Kier molecular flexibility index (Phi) is 15.6. The summed E-state index contributed by atoms with van der Waals surface area (Å²) in [5.74, 6) is 2.71. The monoisotopic (exact) mass is 974 g/mol. The van der Waals surface area contributed by atoms with Crippen LogP contribution in [0.2, 0.25) is 0 Å². The molecule has 0 amide bonds. The molecule has 0 N–H and O–H groups in total. The Morgan fingerprint density at radius 3 is 0.661 bits per heavy atom. The average molecular weight is 975 g/mol. The van der Waals surface area contributed by atoms with Crippen molar-refractivity contribution in [1.29, 1.82) is 0 Å². The summed E-state index contributed by atoms with van der Waals surface area (Å²) in [5, 5.41) is 0. The molecule has 0 bridgehead atoms. The lowest BCUT2D eigenvalue weighted by atomic mass is 10.2. The Morgan fingerprint density at radius 1 is 0.339 bits per heavy atom. The smallest absolute Gasteiger partial charge is 0.357 e. The van der Waals surface area contributed by atoms with Crippen molar-refractivity contribution in [2.75, 3.05) is 0 Å². The number of benzene rings is 6. The summed E-state index contributed by atoms with van der Waals surface area (Å²) in [5.41, 5.74) is -5.42. The SMILES string of the molecule is Cc1cccc(OP(=S)(Oc2cccc(C)c2)SP(=O)(SP(=S)(Oc2cccc(C)c2)Oc2cccc(C)c2)SP(=S)(Oc2cccc(C)c2)Oc2cccc(C)c2)c1. The minimum atomic E-state index is -4.14. The zero-order valence-corrected chi connectivity index (χ0v) is 41.4. The number of rotatable bonds is 18. The van der Waals surface area contributed by atoms with E-state index in [1.54, 1.807) is 36.4 Å². The van der Waals surface area contributed by atoms with Crippen molar-refractivity contribution in [3.05, 3.63) is 179 Å². The largest absolute Gasteiger partial charge is 0.428 e. The van der Waals surface area contributed by atoms with E-state index in [0.29, 0.717) is 34.5 Å². The third-order valence-electron chi connectivity index (χ3n) is 7.84. The molecule has 0 spiro atoms. The predicted octanol–water partition coefficient (Wildman–Crippen LogP) is 16.3. The van der Waals surface area contributed by atoms with Crippen LogP contribution in [-0.2, 0) is 40.0 Å². The van der Waals surface area contributed by atoms with Gasteiger partial charge in [0.05, 0.1) is 0 Å². The minimum absolute atomic E-state index is 0.452. The highest BCUT2D eigenvalue weighted by Gasteiger charge is 2.49. The molecule has 0 unspecified atom stereocenters. The molecule has 308 valence electrons. The Balaban J connectivity index is 1.52. The van der Waals surface area contributed by atoms with Crippen molar-refractivity contribution in [3.8, 4) is 34.5 Å². The molecule has 0 atom stereocenters. The first-order valence-corrected chi connectivity index (χ1v) is 33.8. The second-order valence-corrected chi connectivity index (χ2v) is 42.0. The molecule has 6 aromatic carbocycles. The van der Waals surface area contributed by atoms with Crippen LogP contribution in [0.1, 0.15) is 33.4 Å². The lowest BCUT2D eigenvalue weighted by Crippen LogP contribution is -2.01. The number of aryl methyl sites for hydroxylation is 6. The minimum Gasteiger partial charge on any atom is -0.428 e. The second kappa shape index (κ2) is 20.0. The summed E-state index contributed by atoms with van der Waals surface area (Å²) in [6.45, 7) is 11.7. The van der Waals surface area contributed by atoms with Crippen molar-refractivity contribution in [2.24, 2.45) is 0 Å². The molecule has 0 aliphatic heterocycles. The van der Waals surface area contributed by atoms with Crippen LogP contribution in [0.5, 0.6) is 34.5 Å². The first-order chi connectivity index (χ1) is 28.0. The van der Waals surface area contributed by atoms with Gasteiger partial charge in [0.25, 0.3) is 4.75 Å². The maximum atomic E-state index is 16.5. The fourth-order valence-electron chi connectivity index (χ4n) is 5.38. The topological polar surface area (TPSA) is 72.5 Å². The highest BCUT2D eigenvalue weighted by molar-refractivity contribution is 9.37. The molecule has 0 saturated carbocycles. The highest BCUT2D eigenvalue weighted by atomic mass is 33.7. The van der Waals surface area contributed by atoms with E-state index in [1.165, 1.54) is 0 Å². The molecule has 59 heavy (non-hydrogen) atoms. The van der Waals surface area contributed by atoms with E-state index in [4.69, 9.17) is 62.6 Å². The normalized spacial score (nSPS) is 12.0. The maximum absolute atomic E-state index is 16.5. The number of hydrogen-bond donors (Lipinski definition) is 0. The van der Waals surface area contributed by atoms with Crippen LogP contribution in [0.25, 0.3) is 0 Å². The zero-order valence-electron chi connectivity index (χ0n) is 33.0. The third kappa shape index (κ3) is 14.2. The van der Waals surface area contributed by atoms with Gasteiger partial charge in [0.2, 0.25) is 0 Å². The molecule has 0 heterocycles. The van der Waals surface area contributed by atoms with Gasteiger partial charge in [-0.2, -0.15) is 0 Å². The van der Waals surface area contributed by atoms with Crippen molar-refractivity contribution < 1.29 is 31.7 Å². The molecule has 6 rings (SSSR count). The summed E-state index contributed by atoms with van der Waals surface area (Å²) in [7, 11) is 0. The summed E-state index contributed by atoms with van der Waals surface area (Å²) in [6, 6.07) is 44.7. The van der Waals surface area contributed by atoms with Gasteiger partial charge < -0.3 is 27.1 Å². The first kappa shape index (κ1) is 45.9. The van der Waals surface area contributed by atoms with Crippen LogP contribution < -0.4 is 27.1 Å². The van der Waals surface area contributed by atoms with Crippen LogP contribution in [0.15, 0.2) is 146 Å². The van der Waals surface area contributed by atoms with Gasteiger partial charge in [-0.3, -0.25) is 4.57 Å². The van der Waals surface area contributed by atoms with Gasteiger partial charge in [0.15, 0.2) is 0 Å². The van der Waals surface area contributed by atoms with Gasteiger partial charge in [-0.15, -0.1) is 0 Å². The van der Waals surface area contributed by atoms with E-state index in [1.807, 2.05) is 151 Å². The zero-order chi connectivity index (χ0) is 42.3. The third-order valence-corrected chi connectivity index (χ3v) is 44.9. The van der Waals surface area contributed by atoms with Crippen LogP contribution >= 0.6 is 54.8 Å². The van der Waals surface area contributed by atoms with Gasteiger partial charge >= 0.3 is 17.1 Å². The molecular weight excluding hydrogens is 933 g/mol. The lowest BCUT2D eigenvalue weighted by Gasteiger charge is -2.31. The Labute approximate surface area is 374 Å². The van der Waals surface area contributed by atoms with Crippen molar-refractivity contribution >= 4 is 90.3 Å². The predicted molar refractivity (Wildman–Crippen MR) is 264 cm³/mol. The van der Waals surface area contributed by atoms with Gasteiger partial charge in [0.1, 0.15) is 34.5 Å². The van der Waals surface area contributed by atoms with Crippen molar-refractivity contribution in [2.45, 2.75) is 41.5 Å². The molecule has 6 aromatic rings. The average Bonchev–Trinajstić information content (AvgIpc) is 3.10. The summed E-state index contributed by atoms with van der Waals surface area (Å²) in [4.78, 5) is 0. The molecule has 17 heteroatoms. The quantitative estimate of drug-likeness (QED) is 0.0768. The van der Waals surface area contributed by atoms with Gasteiger partial charge in [0, 0.05) is 68.4 Å². The Morgan fingerprint density at radius 2 is 0.508 bits per heavy atom. The summed E-state index contributed by atoms with van der Waals surface area (Å²) in [6.07, 6.45) is 0. The van der Waals surface area contributed by atoms with E-state index in [9.17, 15) is 0 Å². The second-order valence-electron chi connectivity index (χ2n) is 13.5. The lowest BCUT2D eigenvalue weighted by molar-refractivity contribution is 0.506. The first-order valence-electron chi connectivity index (χ1n) is 18.1. The maximum Gasteiger partial charge on any atom is 0.357 e. The molecule has 0 aliphatic carbocycles. The van der Waals surface area contributed by atoms with Crippen LogP contribution in [0, 0.1) is 41.5 Å². The molecule has 0 fully saturated rings.